The van der Waals surface area contributed by atoms with Gasteiger partial charge >= 0.3 is 5.24 Å². The van der Waals surface area contributed by atoms with Gasteiger partial charge in [0.05, 0.1) is 12.6 Å². The SMILES string of the molecule is O=C(NO)Sc1cc(OCCNC(=O)c2cc3ccccc3o2)no1. The van der Waals surface area contributed by atoms with Crippen molar-refractivity contribution in [1.82, 2.24) is 16.0 Å². The molecule has 9 nitrogen and oxygen atoms in total. The largest absolute Gasteiger partial charge is 0.474 e. The Morgan fingerprint density at radius 3 is 2.92 bits per heavy atom. The molecule has 2 aromatic heterocycles. The van der Waals surface area contributed by atoms with Crippen molar-refractivity contribution >= 4 is 33.9 Å². The smallest absolute Gasteiger partial charge is 0.310 e. The molecule has 3 aromatic rings. The Bertz CT molecular complexity index is 857. The number of rotatable bonds is 6. The standard InChI is InChI=1S/C15H13N3O6S/c19-14(11-7-9-3-1-2-4-10(9)23-11)16-5-6-22-12-8-13(24-18-12)25-15(20)17-21/h1-4,7-8,21H,5-6H2,(H,16,19)(H,17,20). The van der Waals surface area contributed by atoms with Crippen LogP contribution in [0.1, 0.15) is 10.6 Å². The molecule has 0 atom stereocenters. The lowest BCUT2D eigenvalue weighted by Gasteiger charge is -2.03. The Morgan fingerprint density at radius 2 is 2.12 bits per heavy atom. The maximum Gasteiger partial charge on any atom is 0.310 e. The van der Waals surface area contributed by atoms with E-state index in [2.05, 4.69) is 10.5 Å². The summed E-state index contributed by atoms with van der Waals surface area (Å²) in [7, 11) is 0. The lowest BCUT2D eigenvalue weighted by Crippen LogP contribution is -2.27. The number of hydroxylamine groups is 1. The van der Waals surface area contributed by atoms with Crippen LogP contribution in [0.5, 0.6) is 5.88 Å². The Labute approximate surface area is 145 Å². The quantitative estimate of drug-likeness (QED) is 0.264. The highest BCUT2D eigenvalue weighted by Gasteiger charge is 2.13. The zero-order valence-electron chi connectivity index (χ0n) is 12.7. The number of furan rings is 1. The lowest BCUT2D eigenvalue weighted by molar-refractivity contribution is 0.0920. The van der Waals surface area contributed by atoms with Gasteiger partial charge in [-0.15, -0.1) is 0 Å². The van der Waals surface area contributed by atoms with E-state index in [0.717, 1.165) is 5.39 Å². The van der Waals surface area contributed by atoms with Crippen LogP contribution in [0.3, 0.4) is 0 Å². The fraction of sp³-hybridized carbons (Fsp3) is 0.133. The molecule has 0 saturated heterocycles. The van der Waals surface area contributed by atoms with E-state index in [-0.39, 0.29) is 35.8 Å². The van der Waals surface area contributed by atoms with Crippen molar-refractivity contribution in [2.75, 3.05) is 13.2 Å². The van der Waals surface area contributed by atoms with Crippen LogP contribution in [-0.4, -0.2) is 34.7 Å². The van der Waals surface area contributed by atoms with Crippen LogP contribution in [-0.2, 0) is 0 Å². The Morgan fingerprint density at radius 1 is 1.28 bits per heavy atom. The average Bonchev–Trinajstić information content (AvgIpc) is 3.25. The summed E-state index contributed by atoms with van der Waals surface area (Å²) in [6, 6.07) is 10.4. The number of carbonyl (C=O) groups is 2. The molecular weight excluding hydrogens is 350 g/mol. The van der Waals surface area contributed by atoms with E-state index in [9.17, 15) is 9.59 Å². The third-order valence-corrected chi connectivity index (χ3v) is 3.71. The van der Waals surface area contributed by atoms with Crippen LogP contribution in [0.4, 0.5) is 4.79 Å². The second-order valence-electron chi connectivity index (χ2n) is 4.74. The van der Waals surface area contributed by atoms with Gasteiger partial charge < -0.3 is 19.0 Å². The first-order chi connectivity index (χ1) is 12.2. The average molecular weight is 363 g/mol. The fourth-order valence-corrected chi connectivity index (χ4v) is 2.44. The van der Waals surface area contributed by atoms with Gasteiger partial charge in [0, 0.05) is 17.1 Å². The fourth-order valence-electron chi connectivity index (χ4n) is 1.97. The van der Waals surface area contributed by atoms with Gasteiger partial charge in [-0.3, -0.25) is 14.8 Å². The number of hydrogen-bond acceptors (Lipinski definition) is 8. The maximum absolute atomic E-state index is 12.0. The molecule has 0 radical (unpaired) electrons. The highest BCUT2D eigenvalue weighted by Crippen LogP contribution is 2.22. The topological polar surface area (TPSA) is 127 Å². The van der Waals surface area contributed by atoms with Gasteiger partial charge in [-0.2, -0.15) is 0 Å². The summed E-state index contributed by atoms with van der Waals surface area (Å²) in [4.78, 5) is 23.0. The summed E-state index contributed by atoms with van der Waals surface area (Å²) in [6.45, 7) is 0.372. The molecular formula is C15H13N3O6S. The number of para-hydroxylation sites is 1. The van der Waals surface area contributed by atoms with Gasteiger partial charge in [0.2, 0.25) is 5.09 Å². The zero-order valence-corrected chi connectivity index (χ0v) is 13.5. The van der Waals surface area contributed by atoms with Crippen molar-refractivity contribution < 1.29 is 28.5 Å². The highest BCUT2D eigenvalue weighted by atomic mass is 32.2. The lowest BCUT2D eigenvalue weighted by atomic mass is 10.2. The predicted molar refractivity (Wildman–Crippen MR) is 86.7 cm³/mol. The number of carbonyl (C=O) groups excluding carboxylic acids is 2. The van der Waals surface area contributed by atoms with Crippen molar-refractivity contribution in [3.63, 3.8) is 0 Å². The second-order valence-corrected chi connectivity index (χ2v) is 5.72. The molecule has 3 N–H and O–H groups in total. The third-order valence-electron chi connectivity index (χ3n) is 3.04. The molecule has 0 unspecified atom stereocenters. The summed E-state index contributed by atoms with van der Waals surface area (Å²) < 4.78 is 15.6. The number of fused-ring (bicyclic) bond motifs is 1. The predicted octanol–water partition coefficient (Wildman–Crippen LogP) is 2.42. The number of hydrogen-bond donors (Lipinski definition) is 3. The monoisotopic (exact) mass is 363 g/mol. The molecule has 25 heavy (non-hydrogen) atoms. The minimum absolute atomic E-state index is 0.148. The molecule has 0 aliphatic carbocycles. The second kappa shape index (κ2) is 7.73. The maximum atomic E-state index is 12.0. The number of benzene rings is 1. The number of nitrogens with one attached hydrogen (secondary N) is 2. The summed E-state index contributed by atoms with van der Waals surface area (Å²) in [5.41, 5.74) is 2.09. The first-order valence-electron chi connectivity index (χ1n) is 7.14. The molecule has 0 aliphatic heterocycles. The van der Waals surface area contributed by atoms with Gasteiger partial charge in [-0.05, 0) is 17.3 Å². The molecule has 130 valence electrons. The third kappa shape index (κ3) is 4.31. The molecule has 2 heterocycles. The Hall–Kier alpha value is -2.98. The van der Waals surface area contributed by atoms with Crippen molar-refractivity contribution in [2.45, 2.75) is 5.09 Å². The van der Waals surface area contributed by atoms with Crippen molar-refractivity contribution in [1.29, 1.82) is 0 Å². The zero-order chi connectivity index (χ0) is 17.6. The van der Waals surface area contributed by atoms with E-state index < -0.39 is 5.24 Å². The number of amides is 2. The van der Waals surface area contributed by atoms with Crippen LogP contribution < -0.4 is 15.5 Å². The summed E-state index contributed by atoms with van der Waals surface area (Å²) in [5, 5.41) is 15.0. The van der Waals surface area contributed by atoms with E-state index in [4.69, 9.17) is 18.9 Å². The van der Waals surface area contributed by atoms with Crippen molar-refractivity contribution in [2.24, 2.45) is 0 Å². The molecule has 0 spiro atoms. The first kappa shape index (κ1) is 16.9. The van der Waals surface area contributed by atoms with Crippen LogP contribution in [0.2, 0.25) is 0 Å². The van der Waals surface area contributed by atoms with E-state index in [1.807, 2.05) is 18.2 Å². The Kier molecular flexibility index (Phi) is 5.21. The van der Waals surface area contributed by atoms with E-state index >= 15 is 0 Å². The van der Waals surface area contributed by atoms with E-state index in [1.54, 1.807) is 12.1 Å². The number of nitrogens with zero attached hydrogens (tertiary/aromatic N) is 1. The van der Waals surface area contributed by atoms with Gasteiger partial charge in [0.15, 0.2) is 5.76 Å². The van der Waals surface area contributed by atoms with E-state index in [1.165, 1.54) is 11.5 Å². The minimum Gasteiger partial charge on any atom is -0.474 e. The van der Waals surface area contributed by atoms with Crippen LogP contribution in [0.15, 0.2) is 50.4 Å². The van der Waals surface area contributed by atoms with Gasteiger partial charge in [-0.25, -0.2) is 5.48 Å². The summed E-state index contributed by atoms with van der Waals surface area (Å²) >= 11 is 0.616. The van der Waals surface area contributed by atoms with Crippen molar-refractivity contribution in [3.05, 3.63) is 42.2 Å². The molecule has 0 fully saturated rings. The van der Waals surface area contributed by atoms with E-state index in [0.29, 0.717) is 17.3 Å². The number of ether oxygens (including phenoxy) is 1. The van der Waals surface area contributed by atoms with Crippen LogP contribution in [0, 0.1) is 0 Å². The number of thioether (sulfide) groups is 1. The van der Waals surface area contributed by atoms with Gasteiger partial charge in [0.1, 0.15) is 12.2 Å². The molecule has 0 saturated carbocycles. The van der Waals surface area contributed by atoms with Gasteiger partial charge in [-0.1, -0.05) is 18.2 Å². The molecule has 1 aromatic carbocycles. The molecule has 3 rings (SSSR count). The van der Waals surface area contributed by atoms with Crippen molar-refractivity contribution in [3.8, 4) is 5.88 Å². The molecule has 0 bridgehead atoms. The molecule has 10 heteroatoms. The molecule has 2 amide bonds. The normalized spacial score (nSPS) is 10.6. The number of aromatic nitrogens is 1. The minimum atomic E-state index is -0.708. The van der Waals surface area contributed by atoms with Crippen LogP contribution in [0.25, 0.3) is 11.0 Å². The van der Waals surface area contributed by atoms with Crippen LogP contribution >= 0.6 is 11.8 Å². The van der Waals surface area contributed by atoms with Gasteiger partial charge in [0.25, 0.3) is 11.8 Å². The first-order valence-corrected chi connectivity index (χ1v) is 7.95. The summed E-state index contributed by atoms with van der Waals surface area (Å²) in [6.07, 6.45) is 0. The Balaban J connectivity index is 1.45. The molecule has 0 aliphatic rings. The summed E-state index contributed by atoms with van der Waals surface area (Å²) in [5.74, 6) is 0.0263. The highest BCUT2D eigenvalue weighted by molar-refractivity contribution is 8.13.